The van der Waals surface area contributed by atoms with Crippen molar-refractivity contribution in [3.8, 4) is 0 Å². The summed E-state index contributed by atoms with van der Waals surface area (Å²) >= 11 is 1.56. The Morgan fingerprint density at radius 3 is 2.54 bits per heavy atom. The van der Waals surface area contributed by atoms with Gasteiger partial charge in [-0.25, -0.2) is 13.4 Å². The van der Waals surface area contributed by atoms with Crippen molar-refractivity contribution in [1.82, 2.24) is 4.98 Å². The number of benzene rings is 3. The van der Waals surface area contributed by atoms with Crippen LogP contribution in [-0.2, 0) is 14.8 Å². The second-order valence-corrected chi connectivity index (χ2v) is 9.24. The molecule has 2 N–H and O–H groups in total. The van der Waals surface area contributed by atoms with Crippen molar-refractivity contribution < 1.29 is 13.2 Å². The number of aromatic nitrogens is 1. The highest BCUT2D eigenvalue weighted by molar-refractivity contribution is 7.93. The van der Waals surface area contributed by atoms with E-state index < -0.39 is 10.0 Å². The number of thiazole rings is 1. The molecule has 142 valence electrons. The number of anilines is 2. The maximum atomic E-state index is 13.1. The first-order valence-electron chi connectivity index (χ1n) is 8.53. The molecular weight excluding hydrogens is 394 g/mol. The van der Waals surface area contributed by atoms with E-state index in [2.05, 4.69) is 15.0 Å². The van der Waals surface area contributed by atoms with Crippen LogP contribution < -0.4 is 10.0 Å². The Morgan fingerprint density at radius 2 is 1.79 bits per heavy atom. The minimum atomic E-state index is -3.83. The first kappa shape index (κ1) is 18.4. The largest absolute Gasteiger partial charge is 0.326 e. The summed E-state index contributed by atoms with van der Waals surface area (Å²) < 4.78 is 29.8. The van der Waals surface area contributed by atoms with Gasteiger partial charge in [-0.2, -0.15) is 0 Å². The fraction of sp³-hybridized carbons (Fsp3) is 0.100. The van der Waals surface area contributed by atoms with Crippen LogP contribution in [0.4, 0.5) is 11.4 Å². The summed E-state index contributed by atoms with van der Waals surface area (Å²) in [5.74, 6) is -0.217. The molecule has 1 heterocycles. The van der Waals surface area contributed by atoms with Gasteiger partial charge in [0.25, 0.3) is 10.0 Å². The number of amides is 1. The first-order chi connectivity index (χ1) is 13.3. The van der Waals surface area contributed by atoms with E-state index in [1.54, 1.807) is 53.8 Å². The Balaban J connectivity index is 1.78. The Bertz CT molecular complexity index is 1330. The predicted octanol–water partition coefficient (Wildman–Crippen LogP) is 4.52. The standard InChI is InChI=1S/C20H17N3O3S2/c1-12(24)21-17-8-10-20(16-6-4-3-5-15(16)17)28(25,26)23-14-7-9-19-18(11-14)22-13(2)27-19/h3-11,23H,1-2H3,(H,21,24). The third-order valence-electron chi connectivity index (χ3n) is 4.23. The average Bonchev–Trinajstić information content (AvgIpc) is 3.00. The molecule has 1 amide bonds. The molecule has 4 aromatic rings. The molecule has 28 heavy (non-hydrogen) atoms. The molecule has 0 fully saturated rings. The quantitative estimate of drug-likeness (QED) is 0.517. The number of nitrogens with one attached hydrogen (secondary N) is 2. The zero-order valence-electron chi connectivity index (χ0n) is 15.2. The molecule has 0 spiro atoms. The van der Waals surface area contributed by atoms with Gasteiger partial charge in [-0.1, -0.05) is 24.3 Å². The minimum absolute atomic E-state index is 0.145. The lowest BCUT2D eigenvalue weighted by molar-refractivity contribution is -0.114. The van der Waals surface area contributed by atoms with Crippen molar-refractivity contribution >= 4 is 59.6 Å². The van der Waals surface area contributed by atoms with Gasteiger partial charge in [0.05, 0.1) is 25.8 Å². The lowest BCUT2D eigenvalue weighted by Gasteiger charge is -2.13. The SMILES string of the molecule is CC(=O)Nc1ccc(S(=O)(=O)Nc2ccc3sc(C)nc3c2)c2ccccc12. The Labute approximate surface area is 166 Å². The molecule has 0 aliphatic rings. The van der Waals surface area contributed by atoms with Crippen LogP contribution in [0.25, 0.3) is 21.0 Å². The number of hydrogen-bond donors (Lipinski definition) is 2. The highest BCUT2D eigenvalue weighted by Crippen LogP contribution is 2.31. The van der Waals surface area contributed by atoms with E-state index in [0.29, 0.717) is 22.1 Å². The van der Waals surface area contributed by atoms with Crippen molar-refractivity contribution in [3.05, 3.63) is 59.6 Å². The molecule has 0 saturated heterocycles. The molecule has 8 heteroatoms. The molecule has 0 aliphatic carbocycles. The molecule has 0 aliphatic heterocycles. The van der Waals surface area contributed by atoms with Crippen LogP contribution in [0.2, 0.25) is 0 Å². The summed E-state index contributed by atoms with van der Waals surface area (Å²) in [5.41, 5.74) is 1.78. The molecule has 0 radical (unpaired) electrons. The van der Waals surface area contributed by atoms with Crippen molar-refractivity contribution in [2.24, 2.45) is 0 Å². The van der Waals surface area contributed by atoms with Gasteiger partial charge in [-0.05, 0) is 37.3 Å². The van der Waals surface area contributed by atoms with Gasteiger partial charge in [0.15, 0.2) is 0 Å². The van der Waals surface area contributed by atoms with Gasteiger partial charge in [-0.15, -0.1) is 11.3 Å². The Hall–Kier alpha value is -2.97. The highest BCUT2D eigenvalue weighted by atomic mass is 32.2. The molecule has 4 rings (SSSR count). The summed E-state index contributed by atoms with van der Waals surface area (Å²) in [6.07, 6.45) is 0. The van der Waals surface area contributed by atoms with Crippen LogP contribution in [0, 0.1) is 6.92 Å². The molecule has 0 unspecified atom stereocenters. The third kappa shape index (κ3) is 3.44. The molecule has 1 aromatic heterocycles. The maximum Gasteiger partial charge on any atom is 0.262 e. The lowest BCUT2D eigenvalue weighted by atomic mass is 10.1. The number of carbonyl (C=O) groups excluding carboxylic acids is 1. The van der Waals surface area contributed by atoms with Gasteiger partial charge < -0.3 is 5.32 Å². The average molecular weight is 412 g/mol. The topological polar surface area (TPSA) is 88.2 Å². The van der Waals surface area contributed by atoms with Gasteiger partial charge >= 0.3 is 0 Å². The molecule has 6 nitrogen and oxygen atoms in total. The van der Waals surface area contributed by atoms with E-state index in [9.17, 15) is 13.2 Å². The van der Waals surface area contributed by atoms with Crippen molar-refractivity contribution in [2.75, 3.05) is 10.0 Å². The van der Waals surface area contributed by atoms with Crippen molar-refractivity contribution in [2.45, 2.75) is 18.7 Å². The van der Waals surface area contributed by atoms with Crippen LogP contribution in [-0.4, -0.2) is 19.3 Å². The van der Waals surface area contributed by atoms with E-state index in [1.165, 1.54) is 13.0 Å². The fourth-order valence-electron chi connectivity index (χ4n) is 3.12. The number of aryl methyl sites for hydroxylation is 1. The Morgan fingerprint density at radius 1 is 1.04 bits per heavy atom. The summed E-state index contributed by atoms with van der Waals surface area (Å²) in [5, 5.41) is 4.86. The summed E-state index contributed by atoms with van der Waals surface area (Å²) in [6.45, 7) is 3.33. The number of fused-ring (bicyclic) bond motifs is 2. The van der Waals surface area contributed by atoms with Crippen LogP contribution in [0.15, 0.2) is 59.5 Å². The maximum absolute atomic E-state index is 13.1. The van der Waals surface area contributed by atoms with Crippen LogP contribution in [0.1, 0.15) is 11.9 Å². The van der Waals surface area contributed by atoms with Crippen molar-refractivity contribution in [3.63, 3.8) is 0 Å². The van der Waals surface area contributed by atoms with Crippen LogP contribution >= 0.6 is 11.3 Å². The second kappa shape index (κ2) is 6.88. The number of hydrogen-bond acceptors (Lipinski definition) is 5. The zero-order valence-corrected chi connectivity index (χ0v) is 16.8. The van der Waals surface area contributed by atoms with E-state index in [1.807, 2.05) is 13.0 Å². The summed E-state index contributed by atoms with van der Waals surface area (Å²) in [7, 11) is -3.83. The molecule has 0 saturated carbocycles. The number of rotatable bonds is 4. The molecule has 0 bridgehead atoms. The van der Waals surface area contributed by atoms with Gasteiger partial charge in [-0.3, -0.25) is 9.52 Å². The number of carbonyl (C=O) groups is 1. The van der Waals surface area contributed by atoms with E-state index >= 15 is 0 Å². The van der Waals surface area contributed by atoms with Crippen LogP contribution in [0.3, 0.4) is 0 Å². The predicted molar refractivity (Wildman–Crippen MR) is 113 cm³/mol. The first-order valence-corrected chi connectivity index (χ1v) is 10.8. The van der Waals surface area contributed by atoms with Gasteiger partial charge in [0, 0.05) is 23.4 Å². The number of nitrogens with zero attached hydrogens (tertiary/aromatic N) is 1. The third-order valence-corrected chi connectivity index (χ3v) is 6.62. The molecular formula is C20H17N3O3S2. The monoisotopic (exact) mass is 411 g/mol. The molecule has 3 aromatic carbocycles. The van der Waals surface area contributed by atoms with E-state index in [0.717, 1.165) is 15.2 Å². The van der Waals surface area contributed by atoms with E-state index in [4.69, 9.17) is 0 Å². The number of sulfonamides is 1. The minimum Gasteiger partial charge on any atom is -0.326 e. The van der Waals surface area contributed by atoms with Gasteiger partial charge in [0.1, 0.15) is 0 Å². The highest BCUT2D eigenvalue weighted by Gasteiger charge is 2.19. The second-order valence-electron chi connectivity index (χ2n) is 6.36. The normalized spacial score (nSPS) is 11.6. The lowest BCUT2D eigenvalue weighted by Crippen LogP contribution is -2.14. The smallest absolute Gasteiger partial charge is 0.262 e. The molecule has 0 atom stereocenters. The van der Waals surface area contributed by atoms with Gasteiger partial charge in [0.2, 0.25) is 5.91 Å². The van der Waals surface area contributed by atoms with Crippen molar-refractivity contribution in [1.29, 1.82) is 0 Å². The summed E-state index contributed by atoms with van der Waals surface area (Å²) in [4.78, 5) is 16.0. The van der Waals surface area contributed by atoms with Crippen LogP contribution in [0.5, 0.6) is 0 Å². The zero-order chi connectivity index (χ0) is 19.9. The fourth-order valence-corrected chi connectivity index (χ4v) is 5.19. The summed E-state index contributed by atoms with van der Waals surface area (Å²) in [6, 6.07) is 15.5. The van der Waals surface area contributed by atoms with E-state index in [-0.39, 0.29) is 10.8 Å². The Kier molecular flexibility index (Phi) is 4.52.